The van der Waals surface area contributed by atoms with Gasteiger partial charge in [-0.3, -0.25) is 9.59 Å². The Balaban J connectivity index is 1.31. The van der Waals surface area contributed by atoms with Crippen molar-refractivity contribution in [2.24, 2.45) is 39.7 Å². The number of amides is 2. The predicted octanol–water partition coefficient (Wildman–Crippen LogP) is 3.03. The minimum Gasteiger partial charge on any atom is -0.480 e. The van der Waals surface area contributed by atoms with Crippen LogP contribution in [0.25, 0.3) is 0 Å². The molecular weight excluding hydrogens is 498 g/mol. The number of nitrogens with zero attached hydrogens (tertiary/aromatic N) is 1. The second-order valence-corrected chi connectivity index (χ2v) is 12.8. The molecule has 3 fully saturated rings. The largest absolute Gasteiger partial charge is 0.480 e. The van der Waals surface area contributed by atoms with Gasteiger partial charge in [-0.05, 0) is 86.5 Å². The Kier molecular flexibility index (Phi) is 8.18. The Morgan fingerprint density at radius 2 is 1.85 bits per heavy atom. The van der Waals surface area contributed by atoms with Gasteiger partial charge in [0.05, 0.1) is 12.3 Å². The summed E-state index contributed by atoms with van der Waals surface area (Å²) in [4.78, 5) is 40.6. The van der Waals surface area contributed by atoms with E-state index >= 15 is 0 Å². The minimum absolute atomic E-state index is 0.0919. The highest BCUT2D eigenvalue weighted by atomic mass is 16.6. The highest BCUT2D eigenvalue weighted by molar-refractivity contribution is 5.96. The Bertz CT molecular complexity index is 1110. The first-order valence-corrected chi connectivity index (χ1v) is 14.2. The molecular formula is C30H43N3O6. The molecule has 3 saturated carbocycles. The number of carboxylic acid groups (broad SMARTS) is 1. The van der Waals surface area contributed by atoms with Gasteiger partial charge in [-0.15, -0.1) is 6.42 Å². The highest BCUT2D eigenvalue weighted by Crippen LogP contribution is 2.67. The van der Waals surface area contributed by atoms with Crippen molar-refractivity contribution >= 4 is 23.5 Å². The first-order chi connectivity index (χ1) is 18.3. The van der Waals surface area contributed by atoms with E-state index in [4.69, 9.17) is 11.3 Å². The van der Waals surface area contributed by atoms with Crippen LogP contribution in [0.15, 0.2) is 16.8 Å². The summed E-state index contributed by atoms with van der Waals surface area (Å²) in [6.07, 6.45) is 15.5. The number of nitrogens with one attached hydrogen (secondary N) is 2. The zero-order chi connectivity index (χ0) is 28.6. The number of carbonyl (C=O) groups is 3. The summed E-state index contributed by atoms with van der Waals surface area (Å²) in [7, 11) is 0. The van der Waals surface area contributed by atoms with Crippen LogP contribution in [0.5, 0.6) is 0 Å². The van der Waals surface area contributed by atoms with Crippen LogP contribution in [-0.2, 0) is 19.2 Å². The SMILES string of the molecule is C#C[C@]1(O)CC[C@H]2[C@@H]3CCC4=C/C(=N\OCC(=O)NCC(=O)N[C@@H](C(=O)O)C(C)C)CC[C@]4(C)[C@H]3CC[C@@]21C. The normalized spacial score (nSPS) is 37.0. The first kappa shape index (κ1) is 29.1. The van der Waals surface area contributed by atoms with Gasteiger partial charge in [-0.2, -0.15) is 0 Å². The summed E-state index contributed by atoms with van der Waals surface area (Å²) in [5, 5.41) is 29.4. The van der Waals surface area contributed by atoms with E-state index in [0.717, 1.165) is 50.7 Å². The second kappa shape index (κ2) is 11.0. The van der Waals surface area contributed by atoms with Crippen molar-refractivity contribution in [3.05, 3.63) is 11.6 Å². The summed E-state index contributed by atoms with van der Waals surface area (Å²) < 4.78 is 0. The molecule has 0 aliphatic heterocycles. The van der Waals surface area contributed by atoms with E-state index in [9.17, 15) is 24.6 Å². The lowest BCUT2D eigenvalue weighted by molar-refractivity contribution is -0.143. The fourth-order valence-electron chi connectivity index (χ4n) is 8.04. The molecule has 0 spiro atoms. The average Bonchev–Trinajstić information content (AvgIpc) is 3.16. The van der Waals surface area contributed by atoms with Gasteiger partial charge in [0, 0.05) is 5.41 Å². The van der Waals surface area contributed by atoms with Crippen molar-refractivity contribution in [1.82, 2.24) is 10.6 Å². The van der Waals surface area contributed by atoms with Crippen molar-refractivity contribution in [3.8, 4) is 12.3 Å². The quantitative estimate of drug-likeness (QED) is 0.275. The molecule has 39 heavy (non-hydrogen) atoms. The van der Waals surface area contributed by atoms with Gasteiger partial charge in [0.2, 0.25) is 5.91 Å². The lowest BCUT2D eigenvalue weighted by Gasteiger charge is -2.58. The molecule has 0 heterocycles. The second-order valence-electron chi connectivity index (χ2n) is 12.8. The third-order valence-corrected chi connectivity index (χ3v) is 10.4. The molecule has 0 aromatic rings. The van der Waals surface area contributed by atoms with Crippen molar-refractivity contribution in [1.29, 1.82) is 0 Å². The number of carbonyl (C=O) groups excluding carboxylic acids is 2. The lowest BCUT2D eigenvalue weighted by Crippen LogP contribution is -2.54. The van der Waals surface area contributed by atoms with Crippen LogP contribution in [0.4, 0.5) is 0 Å². The predicted molar refractivity (Wildman–Crippen MR) is 146 cm³/mol. The molecule has 0 unspecified atom stereocenters. The molecule has 0 aromatic carbocycles. The molecule has 7 atom stereocenters. The molecule has 0 bridgehead atoms. The number of fused-ring (bicyclic) bond motifs is 5. The number of terminal acetylenes is 1. The van der Waals surface area contributed by atoms with E-state index in [1.54, 1.807) is 13.8 Å². The number of aliphatic hydroxyl groups is 1. The molecule has 2 amide bonds. The molecule has 0 radical (unpaired) electrons. The van der Waals surface area contributed by atoms with Crippen molar-refractivity contribution in [3.63, 3.8) is 0 Å². The maximum Gasteiger partial charge on any atom is 0.326 e. The minimum atomic E-state index is -1.12. The Labute approximate surface area is 231 Å². The van der Waals surface area contributed by atoms with Gasteiger partial charge in [-0.1, -0.05) is 44.3 Å². The maximum atomic E-state index is 12.1. The summed E-state index contributed by atoms with van der Waals surface area (Å²) in [5.41, 5.74) is 1.10. The van der Waals surface area contributed by atoms with Crippen LogP contribution in [0.3, 0.4) is 0 Å². The van der Waals surface area contributed by atoms with Gasteiger partial charge in [0.25, 0.3) is 5.91 Å². The van der Waals surface area contributed by atoms with Crippen molar-refractivity contribution in [2.75, 3.05) is 13.2 Å². The molecule has 4 aliphatic rings. The van der Waals surface area contributed by atoms with Crippen LogP contribution in [0, 0.1) is 46.8 Å². The average molecular weight is 542 g/mol. The molecule has 4 aliphatic carbocycles. The number of rotatable bonds is 8. The molecule has 4 rings (SSSR count). The van der Waals surface area contributed by atoms with E-state index < -0.39 is 29.4 Å². The van der Waals surface area contributed by atoms with Crippen LogP contribution in [0.1, 0.15) is 79.1 Å². The van der Waals surface area contributed by atoms with E-state index in [1.165, 1.54) is 5.57 Å². The lowest BCUT2D eigenvalue weighted by atomic mass is 9.46. The summed E-state index contributed by atoms with van der Waals surface area (Å²) >= 11 is 0. The molecule has 9 heteroatoms. The number of allylic oxidation sites excluding steroid dienone is 2. The monoisotopic (exact) mass is 541 g/mol. The summed E-state index contributed by atoms with van der Waals surface area (Å²) in [6.45, 7) is 7.31. The van der Waals surface area contributed by atoms with Crippen LogP contribution in [-0.4, -0.2) is 58.5 Å². The van der Waals surface area contributed by atoms with E-state index in [1.807, 2.05) is 0 Å². The van der Waals surface area contributed by atoms with Crippen molar-refractivity contribution in [2.45, 2.75) is 90.7 Å². The van der Waals surface area contributed by atoms with Crippen LogP contribution in [0.2, 0.25) is 0 Å². The van der Waals surface area contributed by atoms with Crippen LogP contribution >= 0.6 is 0 Å². The van der Waals surface area contributed by atoms with Crippen LogP contribution < -0.4 is 10.6 Å². The number of oxime groups is 1. The molecule has 0 saturated heterocycles. The third-order valence-electron chi connectivity index (χ3n) is 10.4. The Morgan fingerprint density at radius 3 is 2.51 bits per heavy atom. The maximum absolute atomic E-state index is 12.1. The summed E-state index contributed by atoms with van der Waals surface area (Å²) in [6, 6.07) is -1.01. The zero-order valence-corrected chi connectivity index (χ0v) is 23.6. The van der Waals surface area contributed by atoms with Gasteiger partial charge in [0.1, 0.15) is 11.6 Å². The smallest absolute Gasteiger partial charge is 0.326 e. The molecule has 4 N–H and O–H groups in total. The number of carboxylic acids is 1. The highest BCUT2D eigenvalue weighted by Gasteiger charge is 2.63. The topological polar surface area (TPSA) is 137 Å². The van der Waals surface area contributed by atoms with Gasteiger partial charge < -0.3 is 25.7 Å². The van der Waals surface area contributed by atoms with E-state index in [0.29, 0.717) is 24.2 Å². The third kappa shape index (κ3) is 5.32. The molecule has 9 nitrogen and oxygen atoms in total. The number of aliphatic carboxylic acids is 1. The number of hydrogen-bond acceptors (Lipinski definition) is 6. The Morgan fingerprint density at radius 1 is 1.13 bits per heavy atom. The first-order valence-electron chi connectivity index (χ1n) is 14.2. The standard InChI is InChI=1S/C30H43N3O6/c1-6-30(38)14-11-23-21-8-7-19-15-20(9-12-28(19,4)22(21)10-13-29(23,30)5)33-39-17-25(35)31-16-24(34)32-26(18(2)3)27(36)37/h1,15,18,21-23,26,38H,7-14,16-17H2,2-5H3,(H,31,35)(H,32,34)(H,36,37)/b33-20-/t21-,22+,23+,26-,28+,29+,30+/m1/s1. The fraction of sp³-hybridized carbons (Fsp3) is 0.733. The molecule has 214 valence electrons. The van der Waals surface area contributed by atoms with E-state index in [-0.39, 0.29) is 29.9 Å². The zero-order valence-electron chi connectivity index (χ0n) is 23.6. The number of hydrogen-bond donors (Lipinski definition) is 4. The molecule has 0 aromatic heterocycles. The fourth-order valence-corrected chi connectivity index (χ4v) is 8.04. The van der Waals surface area contributed by atoms with Gasteiger partial charge in [-0.25, -0.2) is 4.79 Å². The van der Waals surface area contributed by atoms with E-state index in [2.05, 4.69) is 41.6 Å². The Hall–Kier alpha value is -2.86. The van der Waals surface area contributed by atoms with Crippen molar-refractivity contribution < 1.29 is 29.4 Å². The summed E-state index contributed by atoms with van der Waals surface area (Å²) in [5.74, 6) is 1.85. The van der Waals surface area contributed by atoms with Gasteiger partial charge >= 0.3 is 5.97 Å². The van der Waals surface area contributed by atoms with Gasteiger partial charge in [0.15, 0.2) is 6.61 Å².